The lowest BCUT2D eigenvalue weighted by atomic mass is 10.1. The Hall–Kier alpha value is -3.59. The summed E-state index contributed by atoms with van der Waals surface area (Å²) in [6, 6.07) is 9.75. The number of aromatic nitrogens is 4. The molecule has 34 heavy (non-hydrogen) atoms. The molecule has 12 heteroatoms. The van der Waals surface area contributed by atoms with Gasteiger partial charge in [-0.15, -0.1) is 0 Å². The van der Waals surface area contributed by atoms with Crippen molar-refractivity contribution in [2.45, 2.75) is 4.90 Å². The first-order valence-corrected chi connectivity index (χ1v) is 12.1. The van der Waals surface area contributed by atoms with E-state index in [0.29, 0.717) is 41.2 Å². The van der Waals surface area contributed by atoms with E-state index in [1.807, 2.05) is 17.0 Å². The first kappa shape index (κ1) is 22.2. The molecule has 0 atom stereocenters. The van der Waals surface area contributed by atoms with E-state index in [2.05, 4.69) is 26.0 Å². The summed E-state index contributed by atoms with van der Waals surface area (Å²) in [4.78, 5) is 17.5. The predicted molar refractivity (Wildman–Crippen MR) is 124 cm³/mol. The topological polar surface area (TPSA) is 119 Å². The number of hydrogen-bond donors (Lipinski definition) is 1. The van der Waals surface area contributed by atoms with E-state index in [0.717, 1.165) is 5.56 Å². The van der Waals surface area contributed by atoms with Crippen LogP contribution in [0.5, 0.6) is 0 Å². The number of benzene rings is 1. The Morgan fingerprint density at radius 1 is 1.09 bits per heavy atom. The first-order valence-electron chi connectivity index (χ1n) is 10.3. The van der Waals surface area contributed by atoms with Crippen molar-refractivity contribution < 1.29 is 12.8 Å². The number of nitriles is 1. The minimum atomic E-state index is -4.00. The molecule has 0 spiro atoms. The van der Waals surface area contributed by atoms with Crippen molar-refractivity contribution in [3.8, 4) is 17.3 Å². The highest BCUT2D eigenvalue weighted by Crippen LogP contribution is 2.29. The molecule has 3 aromatic heterocycles. The van der Waals surface area contributed by atoms with Crippen LogP contribution in [0.3, 0.4) is 0 Å². The van der Waals surface area contributed by atoms with Gasteiger partial charge in [0.1, 0.15) is 28.8 Å². The maximum atomic E-state index is 14.3. The molecule has 4 aromatic rings. The normalized spacial score (nSPS) is 14.9. The van der Waals surface area contributed by atoms with Crippen LogP contribution < -0.4 is 4.90 Å². The molecule has 0 aliphatic carbocycles. The van der Waals surface area contributed by atoms with E-state index < -0.39 is 20.7 Å². The van der Waals surface area contributed by atoms with Crippen molar-refractivity contribution in [2.24, 2.45) is 0 Å². The molecule has 9 nitrogen and oxygen atoms in total. The standard InChI is InChI=1S/C22H17ClFN7O2S/c23-16-2-1-3-17(20(16)24)34(32,33)31-8-6-30(7-9-31)18-5-4-14(11-26-18)21-19-15(10-25)12-27-22(19)29-13-28-21/h1-5,11-13H,6-9H2,(H,27,28,29). The monoisotopic (exact) mass is 497 g/mol. The van der Waals surface area contributed by atoms with Gasteiger partial charge in [-0.2, -0.15) is 9.57 Å². The van der Waals surface area contributed by atoms with Gasteiger partial charge in [-0.1, -0.05) is 17.7 Å². The van der Waals surface area contributed by atoms with E-state index >= 15 is 0 Å². The summed E-state index contributed by atoms with van der Waals surface area (Å²) in [5, 5.41) is 9.77. The van der Waals surface area contributed by atoms with E-state index in [9.17, 15) is 18.1 Å². The lowest BCUT2D eigenvalue weighted by molar-refractivity contribution is 0.381. The second-order valence-corrected chi connectivity index (χ2v) is 9.92. The number of anilines is 1. The molecule has 0 saturated carbocycles. The summed E-state index contributed by atoms with van der Waals surface area (Å²) in [6.07, 6.45) is 4.68. The molecular formula is C22H17ClFN7O2S. The number of hydrogen-bond acceptors (Lipinski definition) is 7. The number of pyridine rings is 1. The lowest BCUT2D eigenvalue weighted by Gasteiger charge is -2.34. The molecule has 1 fully saturated rings. The van der Waals surface area contributed by atoms with Crippen LogP contribution in [0.1, 0.15) is 5.56 Å². The predicted octanol–water partition coefficient (Wildman–Crippen LogP) is 3.19. The molecule has 0 radical (unpaired) electrons. The fourth-order valence-electron chi connectivity index (χ4n) is 3.96. The summed E-state index contributed by atoms with van der Waals surface area (Å²) in [7, 11) is -4.00. The molecular weight excluding hydrogens is 481 g/mol. The highest BCUT2D eigenvalue weighted by molar-refractivity contribution is 7.89. The highest BCUT2D eigenvalue weighted by atomic mass is 35.5. The molecule has 1 aromatic carbocycles. The van der Waals surface area contributed by atoms with E-state index in [1.165, 1.54) is 28.8 Å². The molecule has 0 amide bonds. The molecule has 1 aliphatic rings. The van der Waals surface area contributed by atoms with Crippen LogP contribution >= 0.6 is 11.6 Å². The highest BCUT2D eigenvalue weighted by Gasteiger charge is 2.31. The maximum Gasteiger partial charge on any atom is 0.246 e. The second-order valence-electron chi connectivity index (χ2n) is 7.61. The average Bonchev–Trinajstić information content (AvgIpc) is 3.29. The Labute approximate surface area is 199 Å². The van der Waals surface area contributed by atoms with Gasteiger partial charge in [0.2, 0.25) is 10.0 Å². The van der Waals surface area contributed by atoms with Gasteiger partial charge in [-0.3, -0.25) is 0 Å². The Morgan fingerprint density at radius 3 is 2.59 bits per heavy atom. The van der Waals surface area contributed by atoms with Crippen LogP contribution in [0.15, 0.2) is 53.9 Å². The van der Waals surface area contributed by atoms with Gasteiger partial charge in [0.25, 0.3) is 0 Å². The number of sulfonamides is 1. The molecule has 1 saturated heterocycles. The zero-order chi connectivity index (χ0) is 23.9. The van der Waals surface area contributed by atoms with Gasteiger partial charge in [0.05, 0.1) is 21.7 Å². The number of piperazine rings is 1. The third kappa shape index (κ3) is 3.75. The van der Waals surface area contributed by atoms with Gasteiger partial charge in [0.15, 0.2) is 5.82 Å². The van der Waals surface area contributed by atoms with Gasteiger partial charge in [0, 0.05) is 44.1 Å². The van der Waals surface area contributed by atoms with Crippen LogP contribution in [-0.2, 0) is 10.0 Å². The quantitative estimate of drug-likeness (QED) is 0.460. The van der Waals surface area contributed by atoms with Crippen LogP contribution in [0.2, 0.25) is 5.02 Å². The van der Waals surface area contributed by atoms with Gasteiger partial charge in [-0.05, 0) is 24.3 Å². The van der Waals surface area contributed by atoms with Gasteiger partial charge < -0.3 is 9.88 Å². The zero-order valence-corrected chi connectivity index (χ0v) is 19.2. The van der Waals surface area contributed by atoms with E-state index in [4.69, 9.17) is 11.6 Å². The van der Waals surface area contributed by atoms with Crippen molar-refractivity contribution in [1.29, 1.82) is 5.26 Å². The molecule has 4 heterocycles. The number of nitrogens with one attached hydrogen (secondary N) is 1. The van der Waals surface area contributed by atoms with Crippen LogP contribution in [0.25, 0.3) is 22.3 Å². The second kappa shape index (κ2) is 8.64. The molecule has 172 valence electrons. The SMILES string of the molecule is N#Cc1c[nH]c2ncnc(-c3ccc(N4CCN(S(=O)(=O)c5cccc(Cl)c5F)CC4)nc3)c12. The van der Waals surface area contributed by atoms with Crippen LogP contribution in [-0.4, -0.2) is 58.8 Å². The van der Waals surface area contributed by atoms with Crippen molar-refractivity contribution >= 4 is 38.5 Å². The minimum absolute atomic E-state index is 0.180. The van der Waals surface area contributed by atoms with Crippen molar-refractivity contribution in [2.75, 3.05) is 31.1 Å². The average molecular weight is 498 g/mol. The van der Waals surface area contributed by atoms with Crippen molar-refractivity contribution in [3.63, 3.8) is 0 Å². The summed E-state index contributed by atoms with van der Waals surface area (Å²) in [5.41, 5.74) is 2.34. The summed E-state index contributed by atoms with van der Waals surface area (Å²) < 4.78 is 41.4. The number of halogens is 2. The Bertz CT molecular complexity index is 1530. The number of aromatic amines is 1. The molecule has 0 unspecified atom stereocenters. The van der Waals surface area contributed by atoms with Gasteiger partial charge >= 0.3 is 0 Å². The smallest absolute Gasteiger partial charge is 0.246 e. The Kier molecular flexibility index (Phi) is 5.65. The number of rotatable bonds is 4. The van der Waals surface area contributed by atoms with E-state index in [-0.39, 0.29) is 18.1 Å². The van der Waals surface area contributed by atoms with E-state index in [1.54, 1.807) is 12.4 Å². The maximum absolute atomic E-state index is 14.3. The third-order valence-electron chi connectivity index (χ3n) is 5.71. The molecule has 5 rings (SSSR count). The van der Waals surface area contributed by atoms with Crippen LogP contribution in [0.4, 0.5) is 10.2 Å². The number of H-pyrrole nitrogens is 1. The number of fused-ring (bicyclic) bond motifs is 1. The fourth-order valence-corrected chi connectivity index (χ4v) is 5.70. The Morgan fingerprint density at radius 2 is 1.88 bits per heavy atom. The fraction of sp³-hybridized carbons (Fsp3) is 0.182. The number of nitrogens with zero attached hydrogens (tertiary/aromatic N) is 6. The van der Waals surface area contributed by atoms with Gasteiger partial charge in [-0.25, -0.2) is 27.8 Å². The van der Waals surface area contributed by atoms with Crippen LogP contribution in [0, 0.1) is 17.1 Å². The molecule has 0 bridgehead atoms. The Balaban J connectivity index is 1.34. The summed E-state index contributed by atoms with van der Waals surface area (Å²) >= 11 is 5.76. The minimum Gasteiger partial charge on any atom is -0.354 e. The molecule has 1 N–H and O–H groups in total. The zero-order valence-electron chi connectivity index (χ0n) is 17.6. The summed E-state index contributed by atoms with van der Waals surface area (Å²) in [5.74, 6) is -0.265. The lowest BCUT2D eigenvalue weighted by Crippen LogP contribution is -2.49. The first-order chi connectivity index (χ1) is 16.4. The largest absolute Gasteiger partial charge is 0.354 e. The van der Waals surface area contributed by atoms with Crippen molar-refractivity contribution in [1.82, 2.24) is 24.2 Å². The third-order valence-corrected chi connectivity index (χ3v) is 7.92. The molecule has 1 aliphatic heterocycles. The van der Waals surface area contributed by atoms with Crippen molar-refractivity contribution in [3.05, 3.63) is 65.5 Å². The summed E-state index contributed by atoms with van der Waals surface area (Å²) in [6.45, 7) is 1.14.